The van der Waals surface area contributed by atoms with E-state index >= 15 is 0 Å². The van der Waals surface area contributed by atoms with Crippen molar-refractivity contribution in [3.05, 3.63) is 0 Å². The minimum absolute atomic E-state index is 0.172. The van der Waals surface area contributed by atoms with Gasteiger partial charge in [0.05, 0.1) is 6.61 Å². The maximum absolute atomic E-state index is 5.72. The van der Waals surface area contributed by atoms with Crippen LogP contribution in [0.3, 0.4) is 0 Å². The molecule has 3 nitrogen and oxygen atoms in total. The van der Waals surface area contributed by atoms with Crippen molar-refractivity contribution in [2.45, 2.75) is 5.56 Å². The maximum Gasteiger partial charge on any atom is 0.143 e. The van der Waals surface area contributed by atoms with Crippen LogP contribution in [0, 0.1) is 0 Å². The van der Waals surface area contributed by atoms with E-state index in [1.54, 1.807) is 0 Å². The lowest BCUT2D eigenvalue weighted by atomic mass is 10.5. The number of alkyl halides is 1. The fourth-order valence-corrected chi connectivity index (χ4v) is 1.37. The molecule has 60 valence electrons. The lowest BCUT2D eigenvalue weighted by Gasteiger charge is -2.28. The largest absolute Gasteiger partial charge is 0.360 e. The molecule has 5 heteroatoms. The van der Waals surface area contributed by atoms with E-state index in [2.05, 4.69) is 14.4 Å². The number of rotatable bonds is 2. The van der Waals surface area contributed by atoms with Crippen molar-refractivity contribution in [3.8, 4) is 0 Å². The van der Waals surface area contributed by atoms with Crippen molar-refractivity contribution in [1.29, 1.82) is 0 Å². The van der Waals surface area contributed by atoms with E-state index in [4.69, 9.17) is 20.9 Å². The molecule has 1 aliphatic heterocycles. The molecule has 0 spiro atoms. The first-order valence-electron chi connectivity index (χ1n) is 3.12. The third-order valence-electron chi connectivity index (χ3n) is 1.37. The van der Waals surface area contributed by atoms with Crippen LogP contribution in [0.1, 0.15) is 0 Å². The second kappa shape index (κ2) is 4.47. The summed E-state index contributed by atoms with van der Waals surface area (Å²) in [5.41, 5.74) is -0.172. The molecule has 1 fully saturated rings. The first kappa shape index (κ1) is 8.69. The Bertz CT molecular complexity index is 104. The Morgan fingerprint density at radius 2 is 2.60 bits per heavy atom. The van der Waals surface area contributed by atoms with E-state index in [9.17, 15) is 0 Å². The normalized spacial score (nSPS) is 28.8. The fourth-order valence-electron chi connectivity index (χ4n) is 0.879. The lowest BCUT2D eigenvalue weighted by Crippen LogP contribution is -2.40. The van der Waals surface area contributed by atoms with E-state index < -0.39 is 0 Å². The number of morpholine rings is 1. The fraction of sp³-hybridized carbons (Fsp3) is 1.00. The van der Waals surface area contributed by atoms with Crippen molar-refractivity contribution in [2.24, 2.45) is 0 Å². The van der Waals surface area contributed by atoms with Gasteiger partial charge in [0.25, 0.3) is 0 Å². The molecule has 2 atom stereocenters. The summed E-state index contributed by atoms with van der Waals surface area (Å²) in [7, 11) is 2.21. The topological polar surface area (TPSA) is 21.7 Å². The molecule has 0 amide bonds. The Kier molecular flexibility index (Phi) is 3.89. The summed E-state index contributed by atoms with van der Waals surface area (Å²) in [5.74, 6) is 0. The molecule has 0 saturated carbocycles. The highest BCUT2D eigenvalue weighted by Gasteiger charge is 2.16. The third kappa shape index (κ3) is 2.69. The molecule has 0 aliphatic carbocycles. The number of ether oxygens (including phenoxy) is 1. The van der Waals surface area contributed by atoms with E-state index in [1.807, 2.05) is 0 Å². The maximum atomic E-state index is 5.72. The molecule has 1 heterocycles. The molecule has 1 saturated heterocycles. The van der Waals surface area contributed by atoms with Gasteiger partial charge in [-0.05, 0) is 0 Å². The molecule has 1 aliphatic rings. The van der Waals surface area contributed by atoms with Crippen molar-refractivity contribution in [3.63, 3.8) is 0 Å². The van der Waals surface area contributed by atoms with Crippen molar-refractivity contribution in [2.75, 3.05) is 26.4 Å². The van der Waals surface area contributed by atoms with Crippen molar-refractivity contribution >= 4 is 21.1 Å². The Balaban J connectivity index is 2.18. The molecule has 0 aromatic carbocycles. The number of nitrogens with zero attached hydrogens (tertiary/aromatic N) is 1. The predicted octanol–water partition coefficient (Wildman–Crippen LogP) is 0.648. The van der Waals surface area contributed by atoms with Gasteiger partial charge in [0.1, 0.15) is 12.3 Å². The van der Waals surface area contributed by atoms with Crippen LogP contribution in [0.4, 0.5) is 0 Å². The molecule has 0 aromatic heterocycles. The van der Waals surface area contributed by atoms with Crippen LogP contribution in [0.2, 0.25) is 0 Å². The summed E-state index contributed by atoms with van der Waals surface area (Å²) in [6.07, 6.45) is 0. The SMILES string of the molecule is POCN1CCOC(Cl)C1. The first-order chi connectivity index (χ1) is 4.83. The molecule has 2 unspecified atom stereocenters. The second-order valence-corrected chi connectivity index (χ2v) is 2.97. The second-order valence-electron chi connectivity index (χ2n) is 2.15. The van der Waals surface area contributed by atoms with Crippen LogP contribution >= 0.6 is 21.1 Å². The molecule has 0 radical (unpaired) electrons. The zero-order chi connectivity index (χ0) is 7.40. The van der Waals surface area contributed by atoms with Gasteiger partial charge in [-0.25, -0.2) is 0 Å². The van der Waals surface area contributed by atoms with Crippen LogP contribution < -0.4 is 0 Å². The highest BCUT2D eigenvalue weighted by atomic mass is 35.5. The van der Waals surface area contributed by atoms with Gasteiger partial charge in [-0.3, -0.25) is 4.90 Å². The zero-order valence-corrected chi connectivity index (χ0v) is 7.54. The quantitative estimate of drug-likeness (QED) is 0.464. The van der Waals surface area contributed by atoms with E-state index in [0.29, 0.717) is 13.3 Å². The molecule has 0 bridgehead atoms. The monoisotopic (exact) mass is 183 g/mol. The highest BCUT2D eigenvalue weighted by Crippen LogP contribution is 2.08. The summed E-state index contributed by atoms with van der Waals surface area (Å²) in [4.78, 5) is 2.09. The van der Waals surface area contributed by atoms with E-state index in [1.165, 1.54) is 0 Å². The van der Waals surface area contributed by atoms with Crippen molar-refractivity contribution in [1.82, 2.24) is 4.90 Å². The summed E-state index contributed by atoms with van der Waals surface area (Å²) >= 11 is 5.72. The average Bonchev–Trinajstić information content (AvgIpc) is 1.88. The number of hydrogen-bond donors (Lipinski definition) is 0. The highest BCUT2D eigenvalue weighted by molar-refractivity contribution is 7.09. The minimum atomic E-state index is -0.172. The van der Waals surface area contributed by atoms with Gasteiger partial charge in [0.15, 0.2) is 0 Å². The Hall–Kier alpha value is 0.600. The smallest absolute Gasteiger partial charge is 0.143 e. The lowest BCUT2D eigenvalue weighted by molar-refractivity contribution is -0.0111. The minimum Gasteiger partial charge on any atom is -0.360 e. The average molecular weight is 184 g/mol. The van der Waals surface area contributed by atoms with Crippen LogP contribution in [-0.2, 0) is 9.26 Å². The van der Waals surface area contributed by atoms with Gasteiger partial charge >= 0.3 is 0 Å². The standard InChI is InChI=1S/C5H11ClNO2P/c6-5-3-7(4-9-10)1-2-8-5/h5H,1-4,10H2. The van der Waals surface area contributed by atoms with Crippen LogP contribution in [0.25, 0.3) is 0 Å². The van der Waals surface area contributed by atoms with Crippen molar-refractivity contribution < 1.29 is 9.26 Å². The van der Waals surface area contributed by atoms with E-state index in [-0.39, 0.29) is 5.56 Å². The van der Waals surface area contributed by atoms with Gasteiger partial charge < -0.3 is 9.26 Å². The molecular formula is C5H11ClNO2P. The summed E-state index contributed by atoms with van der Waals surface area (Å²) in [6.45, 7) is 2.95. The van der Waals surface area contributed by atoms with Gasteiger partial charge in [0, 0.05) is 22.6 Å². The summed E-state index contributed by atoms with van der Waals surface area (Å²) in [5, 5.41) is 0. The molecule has 0 aromatic rings. The summed E-state index contributed by atoms with van der Waals surface area (Å²) < 4.78 is 9.97. The molecule has 1 rings (SSSR count). The van der Waals surface area contributed by atoms with Gasteiger partial charge in [0.2, 0.25) is 0 Å². The Labute approximate surface area is 67.9 Å². The Morgan fingerprint density at radius 1 is 1.80 bits per heavy atom. The van der Waals surface area contributed by atoms with Crippen LogP contribution in [0.5, 0.6) is 0 Å². The zero-order valence-electron chi connectivity index (χ0n) is 5.62. The van der Waals surface area contributed by atoms with Crippen LogP contribution in [-0.4, -0.2) is 36.9 Å². The van der Waals surface area contributed by atoms with Gasteiger partial charge in [-0.15, -0.1) is 0 Å². The number of hydrogen-bond acceptors (Lipinski definition) is 3. The molecular weight excluding hydrogens is 172 g/mol. The van der Waals surface area contributed by atoms with Gasteiger partial charge in [-0.1, -0.05) is 11.6 Å². The summed E-state index contributed by atoms with van der Waals surface area (Å²) in [6, 6.07) is 0. The van der Waals surface area contributed by atoms with Crippen LogP contribution in [0.15, 0.2) is 0 Å². The third-order valence-corrected chi connectivity index (χ3v) is 1.78. The van der Waals surface area contributed by atoms with Gasteiger partial charge in [-0.2, -0.15) is 0 Å². The van der Waals surface area contributed by atoms with E-state index in [0.717, 1.165) is 13.1 Å². The Morgan fingerprint density at radius 3 is 3.20 bits per heavy atom. The predicted molar refractivity (Wildman–Crippen MR) is 42.8 cm³/mol. The molecule has 0 N–H and O–H groups in total. The molecule has 10 heavy (non-hydrogen) atoms. The number of halogens is 1. The first-order valence-corrected chi connectivity index (χ1v) is 4.03.